The molecular formula is C14H16N2O. The molecule has 88 valence electrons. The van der Waals surface area contributed by atoms with Crippen LogP contribution in [-0.2, 0) is 0 Å². The molecule has 3 aliphatic rings. The maximum absolute atomic E-state index is 10.4. The second-order valence-electron chi connectivity index (χ2n) is 5.18. The average molecular weight is 228 g/mol. The van der Waals surface area contributed by atoms with Crippen LogP contribution < -0.4 is 10.2 Å². The van der Waals surface area contributed by atoms with Gasteiger partial charge in [-0.15, -0.1) is 0 Å². The van der Waals surface area contributed by atoms with E-state index in [9.17, 15) is 5.11 Å². The van der Waals surface area contributed by atoms with Crippen LogP contribution in [-0.4, -0.2) is 11.3 Å². The molecule has 2 heterocycles. The Labute approximate surface area is 101 Å². The van der Waals surface area contributed by atoms with E-state index in [0.29, 0.717) is 11.8 Å². The van der Waals surface area contributed by atoms with E-state index in [0.717, 1.165) is 17.8 Å². The topological polar surface area (TPSA) is 35.5 Å². The van der Waals surface area contributed by atoms with Crippen molar-refractivity contribution < 1.29 is 5.11 Å². The van der Waals surface area contributed by atoms with Crippen LogP contribution in [0.5, 0.6) is 0 Å². The predicted molar refractivity (Wildman–Crippen MR) is 67.9 cm³/mol. The molecule has 2 unspecified atom stereocenters. The fraction of sp³-hybridized carbons (Fsp3) is 0.429. The van der Waals surface area contributed by atoms with Gasteiger partial charge in [0.25, 0.3) is 0 Å². The molecule has 2 aliphatic heterocycles. The second-order valence-corrected chi connectivity index (χ2v) is 5.18. The van der Waals surface area contributed by atoms with Crippen LogP contribution in [0.2, 0.25) is 0 Å². The molecule has 1 aromatic carbocycles. The maximum atomic E-state index is 10.4. The van der Waals surface area contributed by atoms with Crippen LogP contribution in [0.3, 0.4) is 0 Å². The molecule has 17 heavy (non-hydrogen) atoms. The molecule has 0 aromatic heterocycles. The summed E-state index contributed by atoms with van der Waals surface area (Å²) < 4.78 is 0. The van der Waals surface area contributed by atoms with E-state index in [2.05, 4.69) is 22.3 Å². The first-order valence-corrected chi connectivity index (χ1v) is 6.43. The molecule has 4 rings (SSSR count). The quantitative estimate of drug-likeness (QED) is 0.715. The molecule has 2 atom stereocenters. The van der Waals surface area contributed by atoms with E-state index in [1.807, 2.05) is 12.1 Å². The summed E-state index contributed by atoms with van der Waals surface area (Å²) in [6.07, 6.45) is 5.01. The fourth-order valence-electron chi connectivity index (χ4n) is 3.53. The number of aliphatic hydroxyl groups is 1. The number of fused-ring (bicyclic) bond motifs is 5. The molecule has 0 amide bonds. The number of benzene rings is 1. The Balaban J connectivity index is 1.83. The molecule has 0 bridgehead atoms. The number of hydrogen-bond acceptors (Lipinski definition) is 3. The highest BCUT2D eigenvalue weighted by atomic mass is 16.3. The molecule has 1 saturated carbocycles. The van der Waals surface area contributed by atoms with Crippen LogP contribution in [0.4, 0.5) is 11.4 Å². The highest BCUT2D eigenvalue weighted by Crippen LogP contribution is 2.49. The van der Waals surface area contributed by atoms with Crippen LogP contribution in [0.1, 0.15) is 25.7 Å². The first kappa shape index (κ1) is 9.40. The molecular weight excluding hydrogens is 212 g/mol. The smallest absolute Gasteiger partial charge is 0.192 e. The van der Waals surface area contributed by atoms with Gasteiger partial charge in [0, 0.05) is 5.92 Å². The molecule has 1 aliphatic carbocycles. The number of hydrogen-bond donors (Lipinski definition) is 2. The van der Waals surface area contributed by atoms with Crippen LogP contribution in [0.25, 0.3) is 0 Å². The van der Waals surface area contributed by atoms with Gasteiger partial charge in [-0.1, -0.05) is 18.6 Å². The molecule has 1 aromatic rings. The Morgan fingerprint density at radius 1 is 1.24 bits per heavy atom. The van der Waals surface area contributed by atoms with Gasteiger partial charge in [-0.05, 0) is 37.0 Å². The van der Waals surface area contributed by atoms with Crippen molar-refractivity contribution in [2.24, 2.45) is 5.92 Å². The van der Waals surface area contributed by atoms with Crippen molar-refractivity contribution in [3.05, 3.63) is 35.7 Å². The number of anilines is 2. The Hall–Kier alpha value is -1.64. The Morgan fingerprint density at radius 3 is 3.06 bits per heavy atom. The van der Waals surface area contributed by atoms with Crippen molar-refractivity contribution >= 4 is 11.4 Å². The van der Waals surface area contributed by atoms with Crippen molar-refractivity contribution in [3.8, 4) is 0 Å². The summed E-state index contributed by atoms with van der Waals surface area (Å²) in [5.41, 5.74) is 3.54. The number of rotatable bonds is 0. The maximum Gasteiger partial charge on any atom is 0.192 e. The number of nitrogens with zero attached hydrogens (tertiary/aromatic N) is 1. The molecule has 1 fully saturated rings. The number of para-hydroxylation sites is 2. The summed E-state index contributed by atoms with van der Waals surface area (Å²) in [5, 5.41) is 14.0. The Morgan fingerprint density at radius 2 is 2.12 bits per heavy atom. The third-order valence-electron chi connectivity index (χ3n) is 4.30. The largest absolute Gasteiger partial charge is 0.494 e. The summed E-state index contributed by atoms with van der Waals surface area (Å²) in [7, 11) is 0. The Bertz CT molecular complexity index is 509. The highest BCUT2D eigenvalue weighted by Gasteiger charge is 2.46. The van der Waals surface area contributed by atoms with Crippen molar-refractivity contribution in [3.63, 3.8) is 0 Å². The lowest BCUT2D eigenvalue weighted by molar-refractivity contribution is 0.390. The van der Waals surface area contributed by atoms with E-state index in [-0.39, 0.29) is 6.17 Å². The van der Waals surface area contributed by atoms with Gasteiger partial charge >= 0.3 is 0 Å². The van der Waals surface area contributed by atoms with Gasteiger partial charge in [0.1, 0.15) is 6.17 Å². The van der Waals surface area contributed by atoms with Crippen LogP contribution >= 0.6 is 0 Å². The average Bonchev–Trinajstić information content (AvgIpc) is 2.88. The van der Waals surface area contributed by atoms with E-state index >= 15 is 0 Å². The van der Waals surface area contributed by atoms with Crippen molar-refractivity contribution in [1.82, 2.24) is 0 Å². The molecule has 3 heteroatoms. The standard InChI is InChI=1S/C14H16N2O/c17-14-10-6-2-1-5-9(10)13-15-11-7-3-4-8-12(11)16(13)14/h3-4,7-9,13,15,17H,1-2,5-6H2. The van der Waals surface area contributed by atoms with Crippen molar-refractivity contribution in [2.75, 3.05) is 10.2 Å². The van der Waals surface area contributed by atoms with Gasteiger partial charge in [-0.3, -0.25) is 4.90 Å². The zero-order valence-electron chi connectivity index (χ0n) is 9.69. The molecule has 0 radical (unpaired) electrons. The Kier molecular flexibility index (Phi) is 1.76. The number of nitrogens with one attached hydrogen (secondary N) is 1. The minimum absolute atomic E-state index is 0.252. The van der Waals surface area contributed by atoms with Crippen LogP contribution in [0.15, 0.2) is 35.7 Å². The lowest BCUT2D eigenvalue weighted by Crippen LogP contribution is -2.35. The summed E-state index contributed by atoms with van der Waals surface area (Å²) in [5.74, 6) is 1.01. The summed E-state index contributed by atoms with van der Waals surface area (Å²) in [6.45, 7) is 0. The summed E-state index contributed by atoms with van der Waals surface area (Å²) in [4.78, 5) is 2.08. The molecule has 2 N–H and O–H groups in total. The van der Waals surface area contributed by atoms with Crippen molar-refractivity contribution in [1.29, 1.82) is 0 Å². The van der Waals surface area contributed by atoms with E-state index in [1.165, 1.54) is 24.8 Å². The molecule has 3 nitrogen and oxygen atoms in total. The van der Waals surface area contributed by atoms with E-state index in [1.54, 1.807) is 0 Å². The lowest BCUT2D eigenvalue weighted by Gasteiger charge is -2.26. The molecule has 0 spiro atoms. The van der Waals surface area contributed by atoms with Crippen molar-refractivity contribution in [2.45, 2.75) is 31.8 Å². The summed E-state index contributed by atoms with van der Waals surface area (Å²) in [6, 6.07) is 8.24. The second kappa shape index (κ2) is 3.19. The third kappa shape index (κ3) is 1.11. The first-order valence-electron chi connectivity index (χ1n) is 6.43. The fourth-order valence-corrected chi connectivity index (χ4v) is 3.53. The zero-order valence-corrected chi connectivity index (χ0v) is 9.69. The number of aliphatic hydroxyl groups excluding tert-OH is 1. The van der Waals surface area contributed by atoms with Gasteiger partial charge in [-0.25, -0.2) is 0 Å². The van der Waals surface area contributed by atoms with E-state index in [4.69, 9.17) is 0 Å². The minimum Gasteiger partial charge on any atom is -0.494 e. The predicted octanol–water partition coefficient (Wildman–Crippen LogP) is 3.22. The monoisotopic (exact) mass is 228 g/mol. The van der Waals surface area contributed by atoms with Gasteiger partial charge in [0.2, 0.25) is 0 Å². The third-order valence-corrected chi connectivity index (χ3v) is 4.30. The van der Waals surface area contributed by atoms with Gasteiger partial charge < -0.3 is 10.4 Å². The van der Waals surface area contributed by atoms with Crippen LogP contribution in [0, 0.1) is 5.92 Å². The first-order chi connectivity index (χ1) is 8.36. The highest BCUT2D eigenvalue weighted by molar-refractivity contribution is 5.79. The summed E-state index contributed by atoms with van der Waals surface area (Å²) >= 11 is 0. The normalized spacial score (nSPS) is 29.8. The van der Waals surface area contributed by atoms with Gasteiger partial charge in [-0.2, -0.15) is 0 Å². The lowest BCUT2D eigenvalue weighted by atomic mass is 9.84. The zero-order chi connectivity index (χ0) is 11.4. The van der Waals surface area contributed by atoms with Gasteiger partial charge in [0.15, 0.2) is 5.88 Å². The van der Waals surface area contributed by atoms with E-state index < -0.39 is 0 Å². The minimum atomic E-state index is 0.252. The SMILES string of the molecule is OC1=C2CCCCC2C2Nc3ccccc3N12. The molecule has 0 saturated heterocycles. The van der Waals surface area contributed by atoms with Gasteiger partial charge in [0.05, 0.1) is 11.4 Å².